The molecule has 0 aromatic heterocycles. The van der Waals surface area contributed by atoms with E-state index < -0.39 is 7.60 Å². The molecular weight excluding hydrogens is 199 g/mol. The summed E-state index contributed by atoms with van der Waals surface area (Å²) in [6.07, 6.45) is 0.0595. The maximum absolute atomic E-state index is 11.0. The van der Waals surface area contributed by atoms with E-state index in [4.69, 9.17) is 9.79 Å². The summed E-state index contributed by atoms with van der Waals surface area (Å²) >= 11 is 0. The van der Waals surface area contributed by atoms with Crippen molar-refractivity contribution in [3.8, 4) is 0 Å². The van der Waals surface area contributed by atoms with Gasteiger partial charge in [0.1, 0.15) is 0 Å². The van der Waals surface area contributed by atoms with E-state index in [-0.39, 0.29) is 12.1 Å². The third-order valence-corrected chi connectivity index (χ3v) is 5.18. The summed E-state index contributed by atoms with van der Waals surface area (Å²) in [4.78, 5) is 18.0. The van der Waals surface area contributed by atoms with E-state index in [0.29, 0.717) is 23.7 Å². The van der Waals surface area contributed by atoms with Crippen molar-refractivity contribution >= 4 is 7.60 Å². The van der Waals surface area contributed by atoms with E-state index in [1.54, 1.807) is 0 Å². The Kier molecular flexibility index (Phi) is 3.45. The van der Waals surface area contributed by atoms with Crippen molar-refractivity contribution in [3.63, 3.8) is 0 Å². The van der Waals surface area contributed by atoms with Gasteiger partial charge in [-0.05, 0) is 29.6 Å². The van der Waals surface area contributed by atoms with E-state index >= 15 is 0 Å². The first-order chi connectivity index (χ1) is 6.24. The Labute approximate surface area is 86.1 Å². The molecule has 0 aromatic rings. The lowest BCUT2D eigenvalue weighted by Gasteiger charge is -2.21. The molecule has 1 fully saturated rings. The van der Waals surface area contributed by atoms with E-state index in [0.717, 1.165) is 0 Å². The molecule has 4 atom stereocenters. The van der Waals surface area contributed by atoms with E-state index in [9.17, 15) is 4.57 Å². The molecule has 84 valence electrons. The normalized spacial score (nSPS) is 44.3. The number of hydrogen-bond donors (Lipinski definition) is 2. The highest BCUT2D eigenvalue weighted by atomic mass is 31.2. The van der Waals surface area contributed by atoms with Crippen LogP contribution in [0.3, 0.4) is 0 Å². The predicted octanol–water partition coefficient (Wildman–Crippen LogP) is 2.34. The van der Waals surface area contributed by atoms with Crippen LogP contribution in [0.1, 0.15) is 27.7 Å². The predicted molar refractivity (Wildman–Crippen MR) is 57.1 cm³/mol. The molecule has 0 bridgehead atoms. The van der Waals surface area contributed by atoms with Crippen LogP contribution in [0.15, 0.2) is 0 Å². The zero-order valence-electron chi connectivity index (χ0n) is 9.34. The molecule has 0 spiro atoms. The molecule has 4 heteroatoms. The van der Waals surface area contributed by atoms with Crippen LogP contribution in [0.4, 0.5) is 0 Å². The Balaban J connectivity index is 2.75. The fourth-order valence-corrected chi connectivity index (χ4v) is 4.04. The highest BCUT2D eigenvalue weighted by Gasteiger charge is 2.43. The highest BCUT2D eigenvalue weighted by molar-refractivity contribution is 7.51. The van der Waals surface area contributed by atoms with Crippen molar-refractivity contribution in [3.05, 3.63) is 0 Å². The van der Waals surface area contributed by atoms with Crippen molar-refractivity contribution < 1.29 is 14.4 Å². The topological polar surface area (TPSA) is 57.5 Å². The van der Waals surface area contributed by atoms with Crippen molar-refractivity contribution in [2.45, 2.75) is 27.7 Å². The highest BCUT2D eigenvalue weighted by Crippen LogP contribution is 2.51. The van der Waals surface area contributed by atoms with Gasteiger partial charge in [0.15, 0.2) is 0 Å². The molecule has 1 aliphatic carbocycles. The molecule has 4 unspecified atom stereocenters. The minimum Gasteiger partial charge on any atom is -0.324 e. The van der Waals surface area contributed by atoms with E-state index in [1.807, 2.05) is 0 Å². The fourth-order valence-electron chi connectivity index (χ4n) is 2.82. The van der Waals surface area contributed by atoms with Gasteiger partial charge in [0, 0.05) is 0 Å². The van der Waals surface area contributed by atoms with Gasteiger partial charge in [-0.2, -0.15) is 0 Å². The van der Waals surface area contributed by atoms with Crippen LogP contribution in [-0.2, 0) is 4.57 Å². The van der Waals surface area contributed by atoms with Crippen LogP contribution in [0.2, 0.25) is 0 Å². The summed E-state index contributed by atoms with van der Waals surface area (Å²) in [6.45, 7) is 8.60. The second kappa shape index (κ2) is 3.96. The van der Waals surface area contributed by atoms with E-state index in [1.165, 1.54) is 0 Å². The fraction of sp³-hybridized carbons (Fsp3) is 1.00. The quantitative estimate of drug-likeness (QED) is 0.702. The molecule has 0 aliphatic heterocycles. The monoisotopic (exact) mass is 220 g/mol. The molecule has 3 nitrogen and oxygen atoms in total. The molecule has 14 heavy (non-hydrogen) atoms. The van der Waals surface area contributed by atoms with E-state index in [2.05, 4.69) is 27.7 Å². The smallest absolute Gasteiger partial charge is 0.324 e. The Morgan fingerprint density at radius 3 is 1.57 bits per heavy atom. The average molecular weight is 220 g/mol. The van der Waals surface area contributed by atoms with Crippen molar-refractivity contribution in [2.24, 2.45) is 29.6 Å². The summed E-state index contributed by atoms with van der Waals surface area (Å²) in [6, 6.07) is 0. The molecule has 0 heterocycles. The molecule has 0 aromatic carbocycles. The number of rotatable bonds is 2. The van der Waals surface area contributed by atoms with Crippen LogP contribution in [0.25, 0.3) is 0 Å². The standard InChI is InChI=1S/C10H21O3P/c1-6-7(2)9(4)10(8(6)3)5-14(11,12)13/h6-10H,5H2,1-4H3,(H2,11,12,13). The van der Waals surface area contributed by atoms with Gasteiger partial charge in [-0.25, -0.2) is 0 Å². The third kappa shape index (κ3) is 2.39. The Morgan fingerprint density at radius 2 is 1.29 bits per heavy atom. The summed E-state index contributed by atoms with van der Waals surface area (Å²) in [5, 5.41) is 0. The second-order valence-electron chi connectivity index (χ2n) is 4.95. The Bertz CT molecular complexity index is 234. The molecule has 1 saturated carbocycles. The van der Waals surface area contributed by atoms with Crippen LogP contribution in [0, 0.1) is 29.6 Å². The first-order valence-electron chi connectivity index (χ1n) is 5.28. The molecule has 1 rings (SSSR count). The van der Waals surface area contributed by atoms with Gasteiger partial charge >= 0.3 is 7.60 Å². The summed E-state index contributed by atoms with van der Waals surface area (Å²) in [7, 11) is -3.84. The molecular formula is C10H21O3P. The van der Waals surface area contributed by atoms with Crippen LogP contribution in [-0.4, -0.2) is 15.9 Å². The molecule has 0 radical (unpaired) electrons. The molecule has 1 aliphatic rings. The summed E-state index contributed by atoms with van der Waals surface area (Å²) in [5.74, 6) is 2.17. The van der Waals surface area contributed by atoms with Crippen LogP contribution < -0.4 is 0 Å². The van der Waals surface area contributed by atoms with Gasteiger partial charge in [-0.1, -0.05) is 27.7 Å². The second-order valence-corrected chi connectivity index (χ2v) is 6.64. The molecule has 0 saturated heterocycles. The summed E-state index contributed by atoms with van der Waals surface area (Å²) < 4.78 is 11.0. The average Bonchev–Trinajstić information content (AvgIpc) is 2.20. The zero-order chi connectivity index (χ0) is 11.1. The largest absolute Gasteiger partial charge is 0.325 e. The minimum absolute atomic E-state index is 0.0595. The van der Waals surface area contributed by atoms with Crippen LogP contribution in [0.5, 0.6) is 0 Å². The van der Waals surface area contributed by atoms with Gasteiger partial charge in [-0.15, -0.1) is 0 Å². The van der Waals surface area contributed by atoms with Crippen molar-refractivity contribution in [1.82, 2.24) is 0 Å². The third-order valence-electron chi connectivity index (χ3n) is 4.29. The molecule has 2 N–H and O–H groups in total. The lowest BCUT2D eigenvalue weighted by Crippen LogP contribution is -2.17. The van der Waals surface area contributed by atoms with Gasteiger partial charge in [0.2, 0.25) is 0 Å². The lowest BCUT2D eigenvalue weighted by atomic mass is 9.91. The van der Waals surface area contributed by atoms with Crippen LogP contribution >= 0.6 is 7.60 Å². The lowest BCUT2D eigenvalue weighted by molar-refractivity contribution is 0.311. The first-order valence-corrected chi connectivity index (χ1v) is 7.08. The van der Waals surface area contributed by atoms with Gasteiger partial charge in [-0.3, -0.25) is 4.57 Å². The minimum atomic E-state index is -3.84. The van der Waals surface area contributed by atoms with Crippen molar-refractivity contribution in [1.29, 1.82) is 0 Å². The zero-order valence-corrected chi connectivity index (χ0v) is 10.2. The maximum atomic E-state index is 11.0. The Hall–Kier alpha value is 0.150. The number of hydrogen-bond acceptors (Lipinski definition) is 1. The molecule has 0 amide bonds. The SMILES string of the molecule is CC1C(C)C(C)C(CP(=O)(O)O)C1C. The van der Waals surface area contributed by atoms with Crippen molar-refractivity contribution in [2.75, 3.05) is 6.16 Å². The van der Waals surface area contributed by atoms with Gasteiger partial charge < -0.3 is 9.79 Å². The Morgan fingerprint density at radius 1 is 0.929 bits per heavy atom. The van der Waals surface area contributed by atoms with Gasteiger partial charge in [0.05, 0.1) is 6.16 Å². The summed E-state index contributed by atoms with van der Waals surface area (Å²) in [5.41, 5.74) is 0. The van der Waals surface area contributed by atoms with Gasteiger partial charge in [0.25, 0.3) is 0 Å². The first kappa shape index (κ1) is 12.2. The maximum Gasteiger partial charge on any atom is 0.325 e.